The van der Waals surface area contributed by atoms with Gasteiger partial charge < -0.3 is 13.8 Å². The second-order valence-corrected chi connectivity index (χ2v) is 8.38. The van der Waals surface area contributed by atoms with Gasteiger partial charge in [0.05, 0.1) is 6.61 Å². The van der Waals surface area contributed by atoms with E-state index in [-0.39, 0.29) is 0 Å². The van der Waals surface area contributed by atoms with Crippen LogP contribution in [0.15, 0.2) is 42.5 Å². The third kappa shape index (κ3) is 5.05. The fraction of sp³-hybridized carbons (Fsp3) is 0.333. The molecule has 0 fully saturated rings. The molecule has 0 saturated carbocycles. The molecular weight excluding hydrogens is 319 g/mol. The lowest BCUT2D eigenvalue weighted by Crippen LogP contribution is -2.03. The van der Waals surface area contributed by atoms with Crippen LogP contribution in [0.2, 0.25) is 0 Å². The predicted molar refractivity (Wildman–Crippen MR) is 89.9 cm³/mol. The molecule has 118 valence electrons. The van der Waals surface area contributed by atoms with Crippen LogP contribution in [-0.4, -0.2) is 23.0 Å². The maximum Gasteiger partial charge on any atom is 0.239 e. The molecule has 1 aromatic heterocycles. The van der Waals surface area contributed by atoms with Crippen LogP contribution >= 0.6 is 6.49 Å². The molecule has 0 N–H and O–H groups in total. The maximum atomic E-state index is 5.68. The highest BCUT2D eigenvalue weighted by molar-refractivity contribution is 8.10. The van der Waals surface area contributed by atoms with E-state index in [1.165, 1.54) is 0 Å². The number of hydrogen-bond donors (Lipinski definition) is 0. The quantitative estimate of drug-likeness (QED) is 0.683. The van der Waals surface area contributed by atoms with Crippen molar-refractivity contribution in [3.05, 3.63) is 48.0 Å². The van der Waals surface area contributed by atoms with E-state index in [0.29, 0.717) is 31.1 Å². The number of hydrogen-bond acceptors (Lipinski definition) is 6. The SMILES string of the molecule is CCOP(=S)(CC)Oc1ccc(OCc2ccccc2)nn1. The van der Waals surface area contributed by atoms with Crippen molar-refractivity contribution in [1.29, 1.82) is 0 Å². The van der Waals surface area contributed by atoms with Gasteiger partial charge in [0.25, 0.3) is 0 Å². The van der Waals surface area contributed by atoms with Crippen LogP contribution in [0.3, 0.4) is 0 Å². The molecule has 2 aromatic rings. The lowest BCUT2D eigenvalue weighted by Gasteiger charge is -2.19. The minimum atomic E-state index is -2.31. The third-order valence-corrected chi connectivity index (χ3v) is 6.00. The molecule has 0 bridgehead atoms. The van der Waals surface area contributed by atoms with Gasteiger partial charge in [0.1, 0.15) is 6.61 Å². The van der Waals surface area contributed by atoms with E-state index >= 15 is 0 Å². The van der Waals surface area contributed by atoms with Gasteiger partial charge in [0, 0.05) is 18.3 Å². The largest absolute Gasteiger partial charge is 0.472 e. The van der Waals surface area contributed by atoms with Gasteiger partial charge in [-0.25, -0.2) is 0 Å². The molecule has 1 unspecified atom stereocenters. The molecule has 7 heteroatoms. The number of aromatic nitrogens is 2. The lowest BCUT2D eigenvalue weighted by molar-refractivity contribution is 0.287. The Bertz CT molecular complexity index is 622. The van der Waals surface area contributed by atoms with Gasteiger partial charge in [0.2, 0.25) is 18.3 Å². The van der Waals surface area contributed by atoms with Crippen LogP contribution in [-0.2, 0) is 22.9 Å². The molecule has 0 amide bonds. The maximum absolute atomic E-state index is 5.68. The molecule has 1 heterocycles. The molecule has 2 rings (SSSR count). The summed E-state index contributed by atoms with van der Waals surface area (Å²) in [7, 11) is 0. The Kier molecular flexibility index (Phi) is 6.31. The van der Waals surface area contributed by atoms with Gasteiger partial charge in [-0.1, -0.05) is 37.3 Å². The topological polar surface area (TPSA) is 53.5 Å². The fourth-order valence-electron chi connectivity index (χ4n) is 1.69. The van der Waals surface area contributed by atoms with Crippen LogP contribution in [0.4, 0.5) is 0 Å². The molecule has 22 heavy (non-hydrogen) atoms. The van der Waals surface area contributed by atoms with E-state index in [4.69, 9.17) is 25.6 Å². The van der Waals surface area contributed by atoms with E-state index in [0.717, 1.165) is 5.56 Å². The van der Waals surface area contributed by atoms with E-state index < -0.39 is 6.49 Å². The molecule has 0 spiro atoms. The third-order valence-electron chi connectivity index (χ3n) is 2.79. The van der Waals surface area contributed by atoms with Crippen LogP contribution in [0.1, 0.15) is 19.4 Å². The number of ether oxygens (including phenoxy) is 1. The minimum Gasteiger partial charge on any atom is -0.472 e. The van der Waals surface area contributed by atoms with Gasteiger partial charge in [-0.2, -0.15) is 0 Å². The van der Waals surface area contributed by atoms with E-state index in [9.17, 15) is 0 Å². The molecule has 0 aliphatic carbocycles. The Balaban J connectivity index is 1.94. The van der Waals surface area contributed by atoms with E-state index in [1.807, 2.05) is 44.2 Å². The summed E-state index contributed by atoms with van der Waals surface area (Å²) in [6, 6.07) is 13.3. The summed E-state index contributed by atoms with van der Waals surface area (Å²) >= 11 is 5.40. The van der Waals surface area contributed by atoms with Crippen molar-refractivity contribution in [3.8, 4) is 11.8 Å². The first-order valence-electron chi connectivity index (χ1n) is 7.09. The van der Waals surface area contributed by atoms with Crippen molar-refractivity contribution >= 4 is 18.3 Å². The van der Waals surface area contributed by atoms with Gasteiger partial charge in [0.15, 0.2) is 0 Å². The molecule has 0 aliphatic heterocycles. The molecule has 0 aliphatic rings. The van der Waals surface area contributed by atoms with Crippen LogP contribution in [0, 0.1) is 0 Å². The second kappa shape index (κ2) is 8.22. The Morgan fingerprint density at radius 3 is 2.27 bits per heavy atom. The Morgan fingerprint density at radius 2 is 1.68 bits per heavy atom. The second-order valence-electron chi connectivity index (χ2n) is 4.42. The summed E-state index contributed by atoms with van der Waals surface area (Å²) < 4.78 is 16.8. The average molecular weight is 338 g/mol. The van der Waals surface area contributed by atoms with Gasteiger partial charge >= 0.3 is 0 Å². The van der Waals surface area contributed by atoms with Crippen LogP contribution in [0.5, 0.6) is 11.8 Å². The standard InChI is InChI=1S/C15H19N2O3PS/c1-3-19-21(22,4-2)20-15-11-10-14(16-17-15)18-12-13-8-6-5-7-9-13/h5-11H,3-4,12H2,1-2H3. The molecule has 1 atom stereocenters. The molecule has 0 radical (unpaired) electrons. The smallest absolute Gasteiger partial charge is 0.239 e. The van der Waals surface area contributed by atoms with Crippen molar-refractivity contribution < 1.29 is 13.8 Å². The molecular formula is C15H19N2O3PS. The summed E-state index contributed by atoms with van der Waals surface area (Å²) in [5, 5.41) is 7.98. The number of nitrogens with zero attached hydrogens (tertiary/aromatic N) is 2. The fourth-order valence-corrected chi connectivity index (χ4v) is 3.37. The van der Waals surface area contributed by atoms with Crippen molar-refractivity contribution in [3.63, 3.8) is 0 Å². The van der Waals surface area contributed by atoms with Crippen molar-refractivity contribution in [2.45, 2.75) is 20.5 Å². The normalized spacial score (nSPS) is 13.4. The van der Waals surface area contributed by atoms with Crippen molar-refractivity contribution in [2.75, 3.05) is 12.8 Å². The zero-order chi connectivity index (χ0) is 15.8. The van der Waals surface area contributed by atoms with Gasteiger partial charge in [-0.3, -0.25) is 0 Å². The first-order valence-corrected chi connectivity index (χ1v) is 9.91. The zero-order valence-corrected chi connectivity index (χ0v) is 14.3. The first-order chi connectivity index (χ1) is 10.6. The monoisotopic (exact) mass is 338 g/mol. The highest BCUT2D eigenvalue weighted by atomic mass is 32.5. The minimum absolute atomic E-state index is 0.366. The summed E-state index contributed by atoms with van der Waals surface area (Å²) in [5.74, 6) is 0.808. The molecule has 5 nitrogen and oxygen atoms in total. The summed E-state index contributed by atoms with van der Waals surface area (Å²) in [4.78, 5) is 0. The first kappa shape index (κ1) is 16.9. The highest BCUT2D eigenvalue weighted by Crippen LogP contribution is 2.47. The zero-order valence-electron chi connectivity index (χ0n) is 12.6. The predicted octanol–water partition coefficient (Wildman–Crippen LogP) is 3.80. The van der Waals surface area contributed by atoms with Crippen LogP contribution in [0.25, 0.3) is 0 Å². The van der Waals surface area contributed by atoms with E-state index in [1.54, 1.807) is 12.1 Å². The van der Waals surface area contributed by atoms with E-state index in [2.05, 4.69) is 10.2 Å². The lowest BCUT2D eigenvalue weighted by atomic mass is 10.2. The number of benzene rings is 1. The Labute approximate surface area is 135 Å². The summed E-state index contributed by atoms with van der Waals surface area (Å²) in [5.41, 5.74) is 1.07. The van der Waals surface area contributed by atoms with Crippen molar-refractivity contribution in [2.24, 2.45) is 0 Å². The summed E-state index contributed by atoms with van der Waals surface area (Å²) in [6.45, 7) is 2.50. The van der Waals surface area contributed by atoms with Crippen LogP contribution < -0.4 is 9.26 Å². The van der Waals surface area contributed by atoms with Gasteiger partial charge in [-0.15, -0.1) is 10.2 Å². The average Bonchev–Trinajstić information content (AvgIpc) is 2.55. The Morgan fingerprint density at radius 1 is 1.00 bits per heavy atom. The molecule has 1 aromatic carbocycles. The van der Waals surface area contributed by atoms with Gasteiger partial charge in [-0.05, 0) is 24.3 Å². The Hall–Kier alpha value is -1.49. The summed E-state index contributed by atoms with van der Waals surface area (Å²) in [6.07, 6.45) is 0.643. The van der Waals surface area contributed by atoms with Crippen molar-refractivity contribution in [1.82, 2.24) is 10.2 Å². The number of rotatable bonds is 8. The highest BCUT2D eigenvalue weighted by Gasteiger charge is 2.18. The molecule has 0 saturated heterocycles.